The van der Waals surface area contributed by atoms with E-state index in [1.54, 1.807) is 0 Å². The molecule has 1 aliphatic heterocycles. The Morgan fingerprint density at radius 3 is 2.75 bits per heavy atom. The molecule has 1 unspecified atom stereocenters. The second-order valence-electron chi connectivity index (χ2n) is 3.17. The zero-order valence-electron chi connectivity index (χ0n) is 7.51. The number of carbonyl (C=O) groups is 1. The molecule has 1 atom stereocenters. The molecular weight excluding hydrogens is 220 g/mol. The Kier molecular flexibility index (Phi) is 3.53. The summed E-state index contributed by atoms with van der Waals surface area (Å²) in [6, 6.07) is 0.373. The van der Waals surface area contributed by atoms with Crippen LogP contribution in [0.5, 0.6) is 0 Å². The van der Waals surface area contributed by atoms with Crippen molar-refractivity contribution in [2.45, 2.75) is 24.7 Å². The summed E-state index contributed by atoms with van der Waals surface area (Å²) in [5, 5.41) is 2.95. The van der Waals surface area contributed by atoms with Crippen LogP contribution in [-0.4, -0.2) is 41.3 Å². The zero-order chi connectivity index (χ0) is 9.14. The van der Waals surface area contributed by atoms with Gasteiger partial charge in [-0.05, 0) is 13.5 Å². The molecule has 1 N–H and O–H groups in total. The highest BCUT2D eigenvalue weighted by Gasteiger charge is 2.27. The van der Waals surface area contributed by atoms with E-state index < -0.39 is 0 Å². The van der Waals surface area contributed by atoms with Gasteiger partial charge in [0.15, 0.2) is 0 Å². The first kappa shape index (κ1) is 9.99. The van der Waals surface area contributed by atoms with Crippen LogP contribution in [0.25, 0.3) is 0 Å². The van der Waals surface area contributed by atoms with Gasteiger partial charge >= 0.3 is 0 Å². The number of carbonyl (C=O) groups excluding carboxylic acids is 1. The summed E-state index contributed by atoms with van der Waals surface area (Å²) < 4.78 is 0. The lowest BCUT2D eigenvalue weighted by Crippen LogP contribution is -2.59. The second-order valence-corrected chi connectivity index (χ2v) is 4.55. The van der Waals surface area contributed by atoms with E-state index in [1.165, 1.54) is 0 Å². The molecule has 1 aliphatic rings. The molecule has 0 aliphatic carbocycles. The van der Waals surface area contributed by atoms with Crippen molar-refractivity contribution in [2.75, 3.05) is 19.6 Å². The van der Waals surface area contributed by atoms with Gasteiger partial charge in [-0.1, -0.05) is 22.9 Å². The van der Waals surface area contributed by atoms with Crippen molar-refractivity contribution in [1.82, 2.24) is 10.2 Å². The van der Waals surface area contributed by atoms with Crippen LogP contribution < -0.4 is 5.32 Å². The minimum Gasteiger partial charge on any atom is -0.350 e. The Morgan fingerprint density at radius 2 is 2.33 bits per heavy atom. The van der Waals surface area contributed by atoms with Crippen LogP contribution in [0.3, 0.4) is 0 Å². The number of hydrogen-bond donors (Lipinski definition) is 1. The molecular formula is C8H15BrN2O. The van der Waals surface area contributed by atoms with E-state index in [0.717, 1.165) is 19.6 Å². The smallest absolute Gasteiger partial charge is 0.233 e. The molecule has 1 fully saturated rings. The van der Waals surface area contributed by atoms with Gasteiger partial charge in [0, 0.05) is 13.1 Å². The van der Waals surface area contributed by atoms with Crippen molar-refractivity contribution in [1.29, 1.82) is 0 Å². The van der Waals surface area contributed by atoms with Crippen molar-refractivity contribution in [2.24, 2.45) is 0 Å². The standard InChI is InChI=1S/C8H15BrN2O/c1-3-11-4-7(5-11)10-8(12)6(2)9/h6-7H,3-5H2,1-2H3,(H,10,12). The normalized spacial score (nSPS) is 21.6. The molecule has 0 aromatic rings. The molecule has 0 radical (unpaired) electrons. The monoisotopic (exact) mass is 234 g/mol. The van der Waals surface area contributed by atoms with Gasteiger partial charge in [-0.3, -0.25) is 9.69 Å². The van der Waals surface area contributed by atoms with E-state index in [-0.39, 0.29) is 10.7 Å². The molecule has 1 rings (SSSR count). The van der Waals surface area contributed by atoms with E-state index in [1.807, 2.05) is 6.92 Å². The molecule has 3 nitrogen and oxygen atoms in total. The highest BCUT2D eigenvalue weighted by atomic mass is 79.9. The summed E-state index contributed by atoms with van der Waals surface area (Å²) in [4.78, 5) is 13.4. The molecule has 70 valence electrons. The van der Waals surface area contributed by atoms with Crippen molar-refractivity contribution in [3.63, 3.8) is 0 Å². The van der Waals surface area contributed by atoms with Gasteiger partial charge in [0.25, 0.3) is 0 Å². The van der Waals surface area contributed by atoms with E-state index in [9.17, 15) is 4.79 Å². The Labute approximate surface area is 81.6 Å². The van der Waals surface area contributed by atoms with Crippen molar-refractivity contribution in [3.05, 3.63) is 0 Å². The van der Waals surface area contributed by atoms with Crippen LogP contribution in [-0.2, 0) is 4.79 Å². The first-order chi connectivity index (χ1) is 5.63. The fraction of sp³-hybridized carbons (Fsp3) is 0.875. The number of alkyl halides is 1. The molecule has 1 saturated heterocycles. The molecule has 0 spiro atoms. The Bertz CT molecular complexity index is 166. The molecule has 0 aromatic carbocycles. The Hall–Kier alpha value is -0.0900. The molecule has 1 amide bonds. The van der Waals surface area contributed by atoms with Crippen LogP contribution >= 0.6 is 15.9 Å². The summed E-state index contributed by atoms with van der Waals surface area (Å²) in [6.45, 7) is 7.05. The SMILES string of the molecule is CCN1CC(NC(=O)C(C)Br)C1. The molecule has 0 saturated carbocycles. The van der Waals surface area contributed by atoms with Gasteiger partial charge in [0.1, 0.15) is 0 Å². The number of nitrogens with zero attached hydrogens (tertiary/aromatic N) is 1. The quantitative estimate of drug-likeness (QED) is 0.726. The van der Waals surface area contributed by atoms with Crippen molar-refractivity contribution >= 4 is 21.8 Å². The third kappa shape index (κ3) is 2.45. The molecule has 0 aromatic heterocycles. The number of nitrogens with one attached hydrogen (secondary N) is 1. The van der Waals surface area contributed by atoms with Crippen LogP contribution in [0.15, 0.2) is 0 Å². The maximum atomic E-state index is 11.2. The topological polar surface area (TPSA) is 32.3 Å². The van der Waals surface area contributed by atoms with E-state index >= 15 is 0 Å². The van der Waals surface area contributed by atoms with E-state index in [4.69, 9.17) is 0 Å². The van der Waals surface area contributed by atoms with Gasteiger partial charge in [-0.15, -0.1) is 0 Å². The van der Waals surface area contributed by atoms with Crippen LogP contribution in [0.2, 0.25) is 0 Å². The third-order valence-electron chi connectivity index (χ3n) is 2.11. The Morgan fingerprint density at radius 1 is 1.75 bits per heavy atom. The first-order valence-electron chi connectivity index (χ1n) is 4.30. The lowest BCUT2D eigenvalue weighted by Gasteiger charge is -2.38. The molecule has 0 bridgehead atoms. The van der Waals surface area contributed by atoms with Gasteiger partial charge in [0.05, 0.1) is 10.9 Å². The predicted molar refractivity (Wildman–Crippen MR) is 52.4 cm³/mol. The summed E-state index contributed by atoms with van der Waals surface area (Å²) >= 11 is 3.23. The fourth-order valence-corrected chi connectivity index (χ4v) is 1.37. The third-order valence-corrected chi connectivity index (χ3v) is 2.53. The van der Waals surface area contributed by atoms with Crippen molar-refractivity contribution < 1.29 is 4.79 Å². The van der Waals surface area contributed by atoms with E-state index in [0.29, 0.717) is 6.04 Å². The minimum atomic E-state index is -0.0758. The first-order valence-corrected chi connectivity index (χ1v) is 5.22. The Balaban J connectivity index is 2.14. The maximum absolute atomic E-state index is 11.2. The van der Waals surface area contributed by atoms with Crippen LogP contribution in [0.1, 0.15) is 13.8 Å². The molecule has 4 heteroatoms. The second kappa shape index (κ2) is 4.23. The predicted octanol–water partition coefficient (Wildman–Crippen LogP) is 0.590. The van der Waals surface area contributed by atoms with E-state index in [2.05, 4.69) is 33.1 Å². The summed E-state index contributed by atoms with van der Waals surface area (Å²) in [5.41, 5.74) is 0. The highest BCUT2D eigenvalue weighted by Crippen LogP contribution is 2.07. The van der Waals surface area contributed by atoms with Crippen LogP contribution in [0, 0.1) is 0 Å². The number of halogens is 1. The van der Waals surface area contributed by atoms with Crippen molar-refractivity contribution in [3.8, 4) is 0 Å². The number of rotatable bonds is 3. The number of likely N-dealkylation sites (tertiary alicyclic amines) is 1. The minimum absolute atomic E-state index is 0.0758. The van der Waals surface area contributed by atoms with Crippen LogP contribution in [0.4, 0.5) is 0 Å². The number of hydrogen-bond acceptors (Lipinski definition) is 2. The summed E-state index contributed by atoms with van der Waals surface area (Å²) in [6.07, 6.45) is 0. The summed E-state index contributed by atoms with van der Waals surface area (Å²) in [5.74, 6) is 0.0933. The number of amides is 1. The summed E-state index contributed by atoms with van der Waals surface area (Å²) in [7, 11) is 0. The lowest BCUT2D eigenvalue weighted by molar-refractivity contribution is -0.122. The number of likely N-dealkylation sites (N-methyl/N-ethyl adjacent to an activating group) is 1. The van der Waals surface area contributed by atoms with Gasteiger partial charge in [-0.25, -0.2) is 0 Å². The largest absolute Gasteiger partial charge is 0.350 e. The zero-order valence-corrected chi connectivity index (χ0v) is 9.10. The maximum Gasteiger partial charge on any atom is 0.233 e. The average molecular weight is 235 g/mol. The fourth-order valence-electron chi connectivity index (χ4n) is 1.24. The molecule has 1 heterocycles. The van der Waals surface area contributed by atoms with Gasteiger partial charge in [-0.2, -0.15) is 0 Å². The van der Waals surface area contributed by atoms with Gasteiger partial charge < -0.3 is 5.32 Å². The van der Waals surface area contributed by atoms with Gasteiger partial charge in [0.2, 0.25) is 5.91 Å². The molecule has 12 heavy (non-hydrogen) atoms. The highest BCUT2D eigenvalue weighted by molar-refractivity contribution is 9.10. The lowest BCUT2D eigenvalue weighted by atomic mass is 10.1. The average Bonchev–Trinajstić information content (AvgIpc) is 1.94.